The Morgan fingerprint density at radius 2 is 2.24 bits per heavy atom. The van der Waals surface area contributed by atoms with Gasteiger partial charge in [0.1, 0.15) is 5.75 Å². The van der Waals surface area contributed by atoms with Gasteiger partial charge in [0, 0.05) is 30.1 Å². The fourth-order valence-electron chi connectivity index (χ4n) is 2.61. The molecule has 0 fully saturated rings. The molecule has 0 aliphatic heterocycles. The summed E-state index contributed by atoms with van der Waals surface area (Å²) in [7, 11) is 1.56. The molecule has 25 heavy (non-hydrogen) atoms. The summed E-state index contributed by atoms with van der Waals surface area (Å²) < 4.78 is 6.04. The van der Waals surface area contributed by atoms with E-state index in [0.29, 0.717) is 24.2 Å². The van der Waals surface area contributed by atoms with Gasteiger partial charge in [-0.05, 0) is 31.4 Å². The molecule has 0 amide bonds. The molecular weight excluding hydrogens is 342 g/mol. The Balaban J connectivity index is 1.63. The monoisotopic (exact) mass is 359 g/mol. The van der Waals surface area contributed by atoms with Crippen molar-refractivity contribution in [1.29, 1.82) is 0 Å². The maximum Gasteiger partial charge on any atom is 0.270 e. The second kappa shape index (κ2) is 7.54. The van der Waals surface area contributed by atoms with Crippen LogP contribution in [0.3, 0.4) is 0 Å². The number of thiazole rings is 1. The molecule has 1 N–H and O–H groups in total. The number of methoxy groups -OCH3 is 1. The van der Waals surface area contributed by atoms with E-state index in [1.165, 1.54) is 17.4 Å². The summed E-state index contributed by atoms with van der Waals surface area (Å²) in [5, 5.41) is 22.1. The molecule has 0 aliphatic rings. The van der Waals surface area contributed by atoms with Gasteiger partial charge in [-0.3, -0.25) is 15.1 Å². The number of ether oxygens (including phenoxy) is 1. The van der Waals surface area contributed by atoms with Crippen LogP contribution in [0.1, 0.15) is 29.5 Å². The number of nitrogens with zero attached hydrogens (tertiary/aromatic N) is 3. The van der Waals surface area contributed by atoms with Crippen molar-refractivity contribution in [2.24, 2.45) is 0 Å². The lowest BCUT2D eigenvalue weighted by atomic mass is 10.0. The number of benzene rings is 1. The quantitative estimate of drug-likeness (QED) is 0.510. The zero-order valence-electron chi connectivity index (χ0n) is 13.6. The molecule has 2 aromatic heterocycles. The van der Waals surface area contributed by atoms with Crippen molar-refractivity contribution in [2.45, 2.75) is 25.4 Å². The Bertz CT molecular complexity index is 896. The van der Waals surface area contributed by atoms with E-state index in [1.807, 2.05) is 0 Å². The highest BCUT2D eigenvalue weighted by Crippen LogP contribution is 2.29. The second-order valence-corrected chi connectivity index (χ2v) is 6.66. The van der Waals surface area contributed by atoms with Gasteiger partial charge in [0.15, 0.2) is 0 Å². The van der Waals surface area contributed by atoms with Gasteiger partial charge in [-0.15, -0.1) is 11.3 Å². The van der Waals surface area contributed by atoms with Crippen molar-refractivity contribution >= 4 is 27.2 Å². The number of hydrogen-bond acceptors (Lipinski definition) is 7. The first-order valence-corrected chi connectivity index (χ1v) is 8.60. The van der Waals surface area contributed by atoms with Crippen LogP contribution < -0.4 is 4.74 Å². The summed E-state index contributed by atoms with van der Waals surface area (Å²) in [6, 6.07) is 6.40. The standard InChI is InChI=1S/C17H17N3O4S/c1-24-15-7-8-18-10-12(15)14(21)3-2-4-17-19-13-6-5-11(20(22)23)9-16(13)25-17/h5-10,14,21H,2-4H2,1H3. The molecule has 7 nitrogen and oxygen atoms in total. The number of non-ortho nitro benzene ring substituents is 1. The Hall–Kier alpha value is -2.58. The van der Waals surface area contributed by atoms with Crippen molar-refractivity contribution in [3.63, 3.8) is 0 Å². The average Bonchev–Trinajstić information content (AvgIpc) is 3.03. The van der Waals surface area contributed by atoms with Gasteiger partial charge < -0.3 is 9.84 Å². The molecule has 1 atom stereocenters. The topological polar surface area (TPSA) is 98.4 Å². The van der Waals surface area contributed by atoms with E-state index in [0.717, 1.165) is 21.6 Å². The maximum atomic E-state index is 10.8. The number of rotatable bonds is 7. The first-order valence-electron chi connectivity index (χ1n) is 7.78. The molecule has 0 saturated carbocycles. The van der Waals surface area contributed by atoms with Crippen LogP contribution in [0.5, 0.6) is 5.75 Å². The van der Waals surface area contributed by atoms with Crippen LogP contribution >= 0.6 is 11.3 Å². The fraction of sp³-hybridized carbons (Fsp3) is 0.294. The minimum atomic E-state index is -0.654. The van der Waals surface area contributed by atoms with Crippen LogP contribution in [0.25, 0.3) is 10.2 Å². The third-order valence-electron chi connectivity index (χ3n) is 3.88. The van der Waals surface area contributed by atoms with Crippen LogP contribution in [-0.4, -0.2) is 27.1 Å². The minimum Gasteiger partial charge on any atom is -0.496 e. The molecule has 3 aromatic rings. The summed E-state index contributed by atoms with van der Waals surface area (Å²) in [5.74, 6) is 0.620. The fourth-order valence-corrected chi connectivity index (χ4v) is 3.66. The maximum absolute atomic E-state index is 10.8. The van der Waals surface area contributed by atoms with Gasteiger partial charge in [-0.1, -0.05) is 0 Å². The molecule has 130 valence electrons. The zero-order chi connectivity index (χ0) is 17.8. The lowest BCUT2D eigenvalue weighted by Gasteiger charge is -2.13. The SMILES string of the molecule is COc1ccncc1C(O)CCCc1nc2ccc([N+](=O)[O-])cc2s1. The molecule has 0 saturated heterocycles. The summed E-state index contributed by atoms with van der Waals surface area (Å²) in [4.78, 5) is 18.9. The van der Waals surface area contributed by atoms with Crippen LogP contribution in [0, 0.1) is 10.1 Å². The number of pyridine rings is 1. The largest absolute Gasteiger partial charge is 0.496 e. The molecule has 8 heteroatoms. The number of nitro benzene ring substituents is 1. The molecule has 1 aromatic carbocycles. The predicted molar refractivity (Wildman–Crippen MR) is 95.0 cm³/mol. The van der Waals surface area contributed by atoms with Gasteiger partial charge in [-0.25, -0.2) is 4.98 Å². The van der Waals surface area contributed by atoms with Gasteiger partial charge in [-0.2, -0.15) is 0 Å². The number of aromatic nitrogens is 2. The molecule has 0 bridgehead atoms. The van der Waals surface area contributed by atoms with Crippen molar-refractivity contribution in [3.05, 3.63) is 57.3 Å². The third kappa shape index (κ3) is 3.92. The van der Waals surface area contributed by atoms with E-state index >= 15 is 0 Å². The second-order valence-electron chi connectivity index (χ2n) is 5.54. The molecule has 0 aliphatic carbocycles. The van der Waals surface area contributed by atoms with Crippen molar-refractivity contribution in [2.75, 3.05) is 7.11 Å². The van der Waals surface area contributed by atoms with Crippen LogP contribution in [0.4, 0.5) is 5.69 Å². The van der Waals surface area contributed by atoms with Gasteiger partial charge in [0.2, 0.25) is 0 Å². The minimum absolute atomic E-state index is 0.0711. The number of nitro groups is 1. The van der Waals surface area contributed by atoms with Crippen LogP contribution in [0.15, 0.2) is 36.7 Å². The first kappa shape index (κ1) is 17.2. The Kier molecular flexibility index (Phi) is 5.20. The third-order valence-corrected chi connectivity index (χ3v) is 4.96. The summed E-state index contributed by atoms with van der Waals surface area (Å²) in [6.45, 7) is 0. The Morgan fingerprint density at radius 3 is 3.00 bits per heavy atom. The molecular formula is C17H17N3O4S. The van der Waals surface area contributed by atoms with Crippen molar-refractivity contribution in [3.8, 4) is 5.75 Å². The van der Waals surface area contributed by atoms with Crippen molar-refractivity contribution in [1.82, 2.24) is 9.97 Å². The Labute approximate surface area is 148 Å². The van der Waals surface area contributed by atoms with Crippen LogP contribution in [0.2, 0.25) is 0 Å². The molecule has 3 rings (SSSR count). The summed E-state index contributed by atoms with van der Waals surface area (Å²) in [5.41, 5.74) is 1.51. The highest BCUT2D eigenvalue weighted by Gasteiger charge is 2.14. The highest BCUT2D eigenvalue weighted by molar-refractivity contribution is 7.18. The summed E-state index contributed by atoms with van der Waals surface area (Å²) >= 11 is 1.45. The molecule has 1 unspecified atom stereocenters. The lowest BCUT2D eigenvalue weighted by Crippen LogP contribution is -2.02. The van der Waals surface area contributed by atoms with Gasteiger partial charge in [0.25, 0.3) is 5.69 Å². The first-order chi connectivity index (χ1) is 12.1. The van der Waals surface area contributed by atoms with Crippen molar-refractivity contribution < 1.29 is 14.8 Å². The normalized spacial score (nSPS) is 12.2. The van der Waals surface area contributed by atoms with Gasteiger partial charge in [0.05, 0.1) is 33.4 Å². The number of hydrogen-bond donors (Lipinski definition) is 1. The van der Waals surface area contributed by atoms with E-state index in [1.54, 1.807) is 37.7 Å². The van der Waals surface area contributed by atoms with E-state index in [-0.39, 0.29) is 5.69 Å². The number of aliphatic hydroxyl groups excluding tert-OH is 1. The van der Waals surface area contributed by atoms with E-state index in [9.17, 15) is 15.2 Å². The summed E-state index contributed by atoms with van der Waals surface area (Å²) in [6.07, 6.45) is 4.57. The average molecular weight is 359 g/mol. The zero-order valence-corrected chi connectivity index (χ0v) is 14.4. The molecule has 2 heterocycles. The smallest absolute Gasteiger partial charge is 0.270 e. The lowest BCUT2D eigenvalue weighted by molar-refractivity contribution is -0.384. The van der Waals surface area contributed by atoms with E-state index < -0.39 is 11.0 Å². The van der Waals surface area contributed by atoms with E-state index in [2.05, 4.69) is 9.97 Å². The Morgan fingerprint density at radius 1 is 1.40 bits per heavy atom. The number of fused-ring (bicyclic) bond motifs is 1. The predicted octanol–water partition coefficient (Wildman–Crippen LogP) is 3.66. The number of aliphatic hydroxyl groups is 1. The van der Waals surface area contributed by atoms with Crippen LogP contribution in [-0.2, 0) is 6.42 Å². The highest BCUT2D eigenvalue weighted by atomic mass is 32.1. The number of aryl methyl sites for hydroxylation is 1. The van der Waals surface area contributed by atoms with Gasteiger partial charge >= 0.3 is 0 Å². The molecule has 0 spiro atoms. The van der Waals surface area contributed by atoms with E-state index in [4.69, 9.17) is 4.74 Å². The molecule has 0 radical (unpaired) electrons.